The van der Waals surface area contributed by atoms with Crippen LogP contribution in [-0.4, -0.2) is 17.0 Å². The van der Waals surface area contributed by atoms with Gasteiger partial charge >= 0.3 is 5.97 Å². The minimum absolute atomic E-state index is 0.251. The number of aliphatic carboxylic acids is 1. The van der Waals surface area contributed by atoms with Crippen LogP contribution in [0.25, 0.3) is 0 Å². The van der Waals surface area contributed by atoms with Gasteiger partial charge in [0.2, 0.25) is 5.91 Å². The highest BCUT2D eigenvalue weighted by Crippen LogP contribution is 2.29. The molecule has 108 valence electrons. The molecule has 5 nitrogen and oxygen atoms in total. The van der Waals surface area contributed by atoms with E-state index in [0.29, 0.717) is 24.1 Å². The fourth-order valence-corrected chi connectivity index (χ4v) is 2.52. The number of anilines is 1. The first-order chi connectivity index (χ1) is 10.0. The van der Waals surface area contributed by atoms with Crippen LogP contribution in [0.15, 0.2) is 30.4 Å². The van der Waals surface area contributed by atoms with Crippen molar-refractivity contribution in [2.75, 3.05) is 5.32 Å². The number of benzene rings is 1. The van der Waals surface area contributed by atoms with Gasteiger partial charge < -0.3 is 10.4 Å². The number of carbonyl (C=O) groups is 2. The van der Waals surface area contributed by atoms with Crippen LogP contribution in [0.1, 0.15) is 18.4 Å². The fourth-order valence-electron chi connectivity index (χ4n) is 2.29. The Labute approximate surface area is 126 Å². The summed E-state index contributed by atoms with van der Waals surface area (Å²) in [6.45, 7) is 0. The molecule has 0 aliphatic heterocycles. The summed E-state index contributed by atoms with van der Waals surface area (Å²) in [7, 11) is 0. The van der Waals surface area contributed by atoms with Crippen molar-refractivity contribution in [2.45, 2.75) is 12.8 Å². The monoisotopic (exact) mass is 304 g/mol. The number of allylic oxidation sites excluding steroid dienone is 2. The number of nitriles is 1. The molecule has 0 bridgehead atoms. The lowest BCUT2D eigenvalue weighted by Gasteiger charge is -2.24. The molecule has 6 heteroatoms. The first-order valence-corrected chi connectivity index (χ1v) is 6.79. The van der Waals surface area contributed by atoms with Gasteiger partial charge in [0.15, 0.2) is 0 Å². The summed E-state index contributed by atoms with van der Waals surface area (Å²) < 4.78 is 0. The molecule has 0 saturated heterocycles. The van der Waals surface area contributed by atoms with E-state index in [4.69, 9.17) is 16.9 Å². The Morgan fingerprint density at radius 2 is 1.95 bits per heavy atom. The number of hydrogen-bond donors (Lipinski definition) is 2. The average Bonchev–Trinajstić information content (AvgIpc) is 2.49. The lowest BCUT2D eigenvalue weighted by Crippen LogP contribution is -2.34. The molecule has 2 rings (SSSR count). The van der Waals surface area contributed by atoms with Gasteiger partial charge in [0, 0.05) is 0 Å². The van der Waals surface area contributed by atoms with Crippen LogP contribution in [0.2, 0.25) is 5.02 Å². The van der Waals surface area contributed by atoms with E-state index >= 15 is 0 Å². The zero-order valence-electron chi connectivity index (χ0n) is 11.0. The van der Waals surface area contributed by atoms with E-state index in [2.05, 4.69) is 5.32 Å². The van der Waals surface area contributed by atoms with Crippen molar-refractivity contribution in [3.63, 3.8) is 0 Å². The van der Waals surface area contributed by atoms with E-state index in [1.165, 1.54) is 18.2 Å². The van der Waals surface area contributed by atoms with Crippen molar-refractivity contribution in [1.82, 2.24) is 0 Å². The molecule has 0 fully saturated rings. The van der Waals surface area contributed by atoms with Crippen molar-refractivity contribution in [2.24, 2.45) is 11.8 Å². The van der Waals surface area contributed by atoms with Crippen LogP contribution in [0.5, 0.6) is 0 Å². The Morgan fingerprint density at radius 3 is 2.52 bits per heavy atom. The number of carbonyl (C=O) groups excluding carboxylic acids is 1. The predicted molar refractivity (Wildman–Crippen MR) is 77.8 cm³/mol. The van der Waals surface area contributed by atoms with Gasteiger partial charge in [-0.25, -0.2) is 0 Å². The molecule has 21 heavy (non-hydrogen) atoms. The molecule has 0 aromatic heterocycles. The molecule has 1 aliphatic rings. The van der Waals surface area contributed by atoms with E-state index in [1.807, 2.05) is 12.1 Å². The maximum Gasteiger partial charge on any atom is 0.307 e. The van der Waals surface area contributed by atoms with Gasteiger partial charge in [-0.2, -0.15) is 5.26 Å². The molecule has 1 aromatic carbocycles. The van der Waals surface area contributed by atoms with Crippen molar-refractivity contribution in [3.05, 3.63) is 40.9 Å². The van der Waals surface area contributed by atoms with E-state index in [1.54, 1.807) is 6.08 Å². The summed E-state index contributed by atoms with van der Waals surface area (Å²) >= 11 is 5.99. The SMILES string of the molecule is N#Cc1ccc(NC(=O)[C@@H]2CC=CC[C@@H]2C(=O)O)c(Cl)c1. The highest BCUT2D eigenvalue weighted by atomic mass is 35.5. The highest BCUT2D eigenvalue weighted by Gasteiger charge is 2.34. The number of nitrogens with zero attached hydrogens (tertiary/aromatic N) is 1. The molecule has 1 amide bonds. The fraction of sp³-hybridized carbons (Fsp3) is 0.267. The molecule has 0 spiro atoms. The number of hydrogen-bond acceptors (Lipinski definition) is 3. The Hall–Kier alpha value is -2.32. The van der Waals surface area contributed by atoms with Gasteiger partial charge in [0.05, 0.1) is 34.2 Å². The normalized spacial score (nSPS) is 20.6. The third kappa shape index (κ3) is 3.41. The zero-order chi connectivity index (χ0) is 15.4. The second-order valence-corrected chi connectivity index (χ2v) is 5.20. The molecule has 0 unspecified atom stereocenters. The van der Waals surface area contributed by atoms with Crippen molar-refractivity contribution in [1.29, 1.82) is 5.26 Å². The first-order valence-electron chi connectivity index (χ1n) is 6.41. The molecular weight excluding hydrogens is 292 g/mol. The molecule has 0 radical (unpaired) electrons. The van der Waals surface area contributed by atoms with Crippen LogP contribution < -0.4 is 5.32 Å². The summed E-state index contributed by atoms with van der Waals surface area (Å²) in [4.78, 5) is 23.5. The lowest BCUT2D eigenvalue weighted by atomic mass is 9.82. The van der Waals surface area contributed by atoms with Crippen LogP contribution in [0.4, 0.5) is 5.69 Å². The minimum atomic E-state index is -0.981. The maximum absolute atomic E-state index is 12.3. The van der Waals surface area contributed by atoms with Crippen molar-refractivity contribution < 1.29 is 14.7 Å². The summed E-state index contributed by atoms with van der Waals surface area (Å²) in [5, 5.41) is 20.8. The third-order valence-corrected chi connectivity index (χ3v) is 3.76. The van der Waals surface area contributed by atoms with Gasteiger partial charge in [0.25, 0.3) is 0 Å². The summed E-state index contributed by atoms with van der Waals surface area (Å²) in [5.74, 6) is -2.71. The quantitative estimate of drug-likeness (QED) is 0.840. The second kappa shape index (κ2) is 6.42. The number of rotatable bonds is 3. The Kier molecular flexibility index (Phi) is 4.61. The van der Waals surface area contributed by atoms with Crippen molar-refractivity contribution in [3.8, 4) is 6.07 Å². The van der Waals surface area contributed by atoms with Gasteiger partial charge in [-0.15, -0.1) is 0 Å². The molecule has 2 atom stereocenters. The molecular formula is C15H13ClN2O3. The smallest absolute Gasteiger partial charge is 0.307 e. The number of amides is 1. The van der Waals surface area contributed by atoms with E-state index < -0.39 is 17.8 Å². The first kappa shape index (κ1) is 15.1. The van der Waals surface area contributed by atoms with Crippen LogP contribution in [0, 0.1) is 23.2 Å². The van der Waals surface area contributed by atoms with E-state index in [9.17, 15) is 14.7 Å². The number of carboxylic acids is 1. The van der Waals surface area contributed by atoms with E-state index in [0.717, 1.165) is 0 Å². The summed E-state index contributed by atoms with van der Waals surface area (Å²) in [6.07, 6.45) is 4.31. The second-order valence-electron chi connectivity index (χ2n) is 4.79. The van der Waals surface area contributed by atoms with Crippen LogP contribution >= 0.6 is 11.6 Å². The van der Waals surface area contributed by atoms with E-state index in [-0.39, 0.29) is 10.9 Å². The lowest BCUT2D eigenvalue weighted by molar-refractivity contribution is -0.146. The summed E-state index contributed by atoms with van der Waals surface area (Å²) in [5.41, 5.74) is 0.765. The van der Waals surface area contributed by atoms with Gasteiger partial charge in [-0.3, -0.25) is 9.59 Å². The molecule has 0 heterocycles. The van der Waals surface area contributed by atoms with Crippen molar-refractivity contribution >= 4 is 29.2 Å². The Bertz CT molecular complexity index is 649. The third-order valence-electron chi connectivity index (χ3n) is 3.44. The van der Waals surface area contributed by atoms with Gasteiger partial charge in [-0.1, -0.05) is 23.8 Å². The standard InChI is InChI=1S/C15H13ClN2O3/c16-12-7-9(8-17)5-6-13(12)18-14(19)10-3-1-2-4-11(10)15(20)21/h1-2,5-7,10-11H,3-4H2,(H,18,19)(H,20,21)/t10-,11+/m1/s1. The largest absolute Gasteiger partial charge is 0.481 e. The molecule has 1 aliphatic carbocycles. The van der Waals surface area contributed by atoms with Gasteiger partial charge in [-0.05, 0) is 31.0 Å². The molecule has 2 N–H and O–H groups in total. The zero-order valence-corrected chi connectivity index (χ0v) is 11.8. The van der Waals surface area contributed by atoms with Gasteiger partial charge in [0.1, 0.15) is 0 Å². The highest BCUT2D eigenvalue weighted by molar-refractivity contribution is 6.33. The predicted octanol–water partition coefficient (Wildman–Crippen LogP) is 2.82. The molecule has 0 saturated carbocycles. The van der Waals surface area contributed by atoms with Crippen LogP contribution in [-0.2, 0) is 9.59 Å². The maximum atomic E-state index is 12.3. The number of carboxylic acid groups (broad SMARTS) is 1. The minimum Gasteiger partial charge on any atom is -0.481 e. The molecule has 1 aromatic rings. The Morgan fingerprint density at radius 1 is 1.29 bits per heavy atom. The van der Waals surface area contributed by atoms with Crippen LogP contribution in [0.3, 0.4) is 0 Å². The average molecular weight is 305 g/mol. The summed E-state index contributed by atoms with van der Waals surface area (Å²) in [6, 6.07) is 6.47. The topological polar surface area (TPSA) is 90.2 Å². The number of nitrogens with one attached hydrogen (secondary N) is 1. The Balaban J connectivity index is 2.16. The number of halogens is 1.